The van der Waals surface area contributed by atoms with Crippen LogP contribution in [0.4, 0.5) is 5.69 Å². The van der Waals surface area contributed by atoms with Crippen molar-refractivity contribution in [1.29, 1.82) is 0 Å². The highest BCUT2D eigenvalue weighted by molar-refractivity contribution is 7.80. The van der Waals surface area contributed by atoms with Crippen LogP contribution in [0.25, 0.3) is 0 Å². The molecule has 1 N–H and O–H groups in total. The summed E-state index contributed by atoms with van der Waals surface area (Å²) in [6, 6.07) is 5.82. The molecule has 1 heterocycles. The number of anilines is 1. The van der Waals surface area contributed by atoms with Crippen LogP contribution in [0.3, 0.4) is 0 Å². The summed E-state index contributed by atoms with van der Waals surface area (Å²) >= 11 is 5.58. The van der Waals surface area contributed by atoms with Crippen molar-refractivity contribution < 1.29 is 14.6 Å². The lowest BCUT2D eigenvalue weighted by Gasteiger charge is -2.45. The van der Waals surface area contributed by atoms with E-state index in [1.807, 2.05) is 39.0 Å². The highest BCUT2D eigenvalue weighted by atomic mass is 32.1. The lowest BCUT2D eigenvalue weighted by Crippen LogP contribution is -2.57. The molecule has 1 aliphatic heterocycles. The molecule has 1 aromatic carbocycles. The number of carboxylic acids is 1. The number of carbonyl (C=O) groups is 1. The summed E-state index contributed by atoms with van der Waals surface area (Å²) < 4.78 is 6.32. The minimum Gasteiger partial charge on any atom is -0.480 e. The fourth-order valence-electron chi connectivity index (χ4n) is 2.61. The monoisotopic (exact) mass is 321 g/mol. The van der Waals surface area contributed by atoms with Gasteiger partial charge in [0.2, 0.25) is 0 Å². The molecule has 0 saturated heterocycles. The first-order valence-electron chi connectivity index (χ1n) is 7.54. The summed E-state index contributed by atoms with van der Waals surface area (Å²) in [7, 11) is 0. The highest BCUT2D eigenvalue weighted by Gasteiger charge is 2.45. The molecule has 0 bridgehead atoms. The molecule has 0 amide bonds. The molecular weight excluding hydrogens is 298 g/mol. The maximum atomic E-state index is 11.3. The maximum Gasteiger partial charge on any atom is 0.323 e. The Morgan fingerprint density at radius 3 is 2.50 bits per heavy atom. The third-order valence-electron chi connectivity index (χ3n) is 4.32. The van der Waals surface area contributed by atoms with E-state index in [1.54, 1.807) is 4.90 Å². The molecule has 1 aliphatic rings. The molecule has 2 rings (SSSR count). The predicted molar refractivity (Wildman–Crippen MR) is 92.0 cm³/mol. The van der Waals surface area contributed by atoms with Gasteiger partial charge in [0.05, 0.1) is 5.69 Å². The number of thiocarbonyl (C=S) groups is 1. The Balaban J connectivity index is 2.65. The molecule has 1 atom stereocenters. The van der Waals surface area contributed by atoms with E-state index in [9.17, 15) is 9.90 Å². The average molecular weight is 321 g/mol. The van der Waals surface area contributed by atoms with Gasteiger partial charge in [-0.25, -0.2) is 0 Å². The Bertz CT molecular complexity index is 612. The van der Waals surface area contributed by atoms with Crippen LogP contribution in [0, 0.1) is 5.92 Å². The predicted octanol–water partition coefficient (Wildman–Crippen LogP) is 3.84. The normalized spacial score (nSPS) is 21.0. The van der Waals surface area contributed by atoms with Gasteiger partial charge in [-0.3, -0.25) is 4.79 Å². The molecule has 0 aliphatic carbocycles. The van der Waals surface area contributed by atoms with Crippen LogP contribution in [0.2, 0.25) is 0 Å². The van der Waals surface area contributed by atoms with Gasteiger partial charge in [0, 0.05) is 0 Å². The van der Waals surface area contributed by atoms with E-state index in [4.69, 9.17) is 17.0 Å². The third-order valence-corrected chi connectivity index (χ3v) is 4.94. The summed E-state index contributed by atoms with van der Waals surface area (Å²) in [5.74, 6) is 0.259. The van der Waals surface area contributed by atoms with Crippen LogP contribution in [0.1, 0.15) is 46.1 Å². The number of fused-ring (bicyclic) bond motifs is 1. The van der Waals surface area contributed by atoms with Crippen LogP contribution in [0.5, 0.6) is 5.75 Å². The van der Waals surface area contributed by atoms with Gasteiger partial charge in [0.15, 0.2) is 5.60 Å². The van der Waals surface area contributed by atoms with Gasteiger partial charge in [-0.2, -0.15) is 0 Å². The number of hydrogen-bond acceptors (Lipinski definition) is 3. The van der Waals surface area contributed by atoms with E-state index in [2.05, 4.69) is 13.8 Å². The number of nitrogens with zero attached hydrogens (tertiary/aromatic N) is 1. The standard InChI is InChI=1S/C17H23NO3S/c1-10(2)12-7-6-8-13-15(12)21-17(5,11(3)4)16(22)18(13)9-14(19)20/h6-8,10-11H,9H2,1-5H3,(H,19,20). The van der Waals surface area contributed by atoms with Crippen LogP contribution in [0.15, 0.2) is 18.2 Å². The first kappa shape index (κ1) is 16.7. The van der Waals surface area contributed by atoms with E-state index in [0.29, 0.717) is 4.99 Å². The van der Waals surface area contributed by atoms with E-state index in [1.165, 1.54) is 0 Å². The second-order valence-electron chi connectivity index (χ2n) is 6.50. The zero-order chi connectivity index (χ0) is 16.7. The van der Waals surface area contributed by atoms with E-state index in [-0.39, 0.29) is 18.4 Å². The number of ether oxygens (including phenoxy) is 1. The largest absolute Gasteiger partial charge is 0.480 e. The first-order valence-corrected chi connectivity index (χ1v) is 7.95. The summed E-state index contributed by atoms with van der Waals surface area (Å²) in [4.78, 5) is 13.5. The third kappa shape index (κ3) is 2.70. The molecule has 0 radical (unpaired) electrons. The van der Waals surface area contributed by atoms with Crippen molar-refractivity contribution in [2.24, 2.45) is 5.92 Å². The van der Waals surface area contributed by atoms with Gasteiger partial charge in [-0.1, -0.05) is 52.0 Å². The summed E-state index contributed by atoms with van der Waals surface area (Å²) in [5, 5.41) is 9.25. The molecule has 0 aromatic heterocycles. The number of hydrogen-bond donors (Lipinski definition) is 1. The van der Waals surface area contributed by atoms with Gasteiger partial charge in [-0.05, 0) is 30.4 Å². The molecule has 1 aromatic rings. The fourth-order valence-corrected chi connectivity index (χ4v) is 3.05. The SMILES string of the molecule is CC(C)c1cccc2c1OC(C)(C(C)C)C(=S)N2CC(=O)O. The van der Waals surface area contributed by atoms with Crippen molar-refractivity contribution in [2.75, 3.05) is 11.4 Å². The Labute approximate surface area is 137 Å². The van der Waals surface area contributed by atoms with E-state index >= 15 is 0 Å². The first-order chi connectivity index (χ1) is 10.2. The quantitative estimate of drug-likeness (QED) is 0.854. The number of para-hydroxylation sites is 1. The molecule has 0 fully saturated rings. The second kappa shape index (κ2) is 5.88. The molecular formula is C17H23NO3S. The second-order valence-corrected chi connectivity index (χ2v) is 6.89. The van der Waals surface area contributed by atoms with Gasteiger partial charge in [0.25, 0.3) is 0 Å². The van der Waals surface area contributed by atoms with Crippen molar-refractivity contribution in [3.05, 3.63) is 23.8 Å². The zero-order valence-corrected chi connectivity index (χ0v) is 14.5. The minimum absolute atomic E-state index is 0.129. The van der Waals surface area contributed by atoms with Crippen LogP contribution >= 0.6 is 12.2 Å². The maximum absolute atomic E-state index is 11.3. The van der Waals surface area contributed by atoms with Crippen molar-refractivity contribution in [2.45, 2.75) is 46.1 Å². The lowest BCUT2D eigenvalue weighted by atomic mass is 9.88. The fraction of sp³-hybridized carbons (Fsp3) is 0.529. The van der Waals surface area contributed by atoms with Crippen molar-refractivity contribution >= 4 is 28.9 Å². The topological polar surface area (TPSA) is 49.8 Å². The molecule has 5 heteroatoms. The highest BCUT2D eigenvalue weighted by Crippen LogP contribution is 2.45. The van der Waals surface area contributed by atoms with Gasteiger partial charge >= 0.3 is 5.97 Å². The molecule has 4 nitrogen and oxygen atoms in total. The molecule has 22 heavy (non-hydrogen) atoms. The molecule has 0 spiro atoms. The van der Waals surface area contributed by atoms with Gasteiger partial charge in [0.1, 0.15) is 17.3 Å². The zero-order valence-electron chi connectivity index (χ0n) is 13.7. The van der Waals surface area contributed by atoms with Crippen molar-refractivity contribution in [1.82, 2.24) is 0 Å². The van der Waals surface area contributed by atoms with Crippen LogP contribution in [-0.2, 0) is 4.79 Å². The summed E-state index contributed by atoms with van der Waals surface area (Å²) in [5.41, 5.74) is 1.13. The van der Waals surface area contributed by atoms with E-state index < -0.39 is 11.6 Å². The Morgan fingerprint density at radius 1 is 1.36 bits per heavy atom. The molecule has 1 unspecified atom stereocenters. The molecule has 120 valence electrons. The minimum atomic E-state index is -0.906. The number of benzene rings is 1. The smallest absolute Gasteiger partial charge is 0.323 e. The number of aliphatic carboxylic acids is 1. The Hall–Kier alpha value is -1.62. The van der Waals surface area contributed by atoms with Crippen LogP contribution in [-0.4, -0.2) is 28.2 Å². The van der Waals surface area contributed by atoms with Crippen molar-refractivity contribution in [3.63, 3.8) is 0 Å². The lowest BCUT2D eigenvalue weighted by molar-refractivity contribution is -0.135. The summed E-state index contributed by atoms with van der Waals surface area (Å²) in [6.45, 7) is 10.1. The Kier molecular flexibility index (Phi) is 4.47. The van der Waals surface area contributed by atoms with Gasteiger partial charge < -0.3 is 14.7 Å². The van der Waals surface area contributed by atoms with E-state index in [0.717, 1.165) is 17.0 Å². The van der Waals surface area contributed by atoms with Crippen molar-refractivity contribution in [3.8, 4) is 5.75 Å². The average Bonchev–Trinajstić information content (AvgIpc) is 2.42. The Morgan fingerprint density at radius 2 is 2.00 bits per heavy atom. The number of rotatable bonds is 4. The van der Waals surface area contributed by atoms with Crippen LogP contribution < -0.4 is 9.64 Å². The van der Waals surface area contributed by atoms with Gasteiger partial charge in [-0.15, -0.1) is 0 Å². The molecule has 0 saturated carbocycles. The summed E-state index contributed by atoms with van der Waals surface area (Å²) in [6.07, 6.45) is 0. The number of carboxylic acid groups (broad SMARTS) is 1.